The topological polar surface area (TPSA) is 85.9 Å². The van der Waals surface area contributed by atoms with Crippen molar-refractivity contribution in [3.63, 3.8) is 0 Å². The maximum atomic E-state index is 11.3. The zero-order valence-corrected chi connectivity index (χ0v) is 13.4. The molecular formula is C16H19N3O2S. The van der Waals surface area contributed by atoms with Crippen LogP contribution in [0.4, 0.5) is 0 Å². The Labute approximate surface area is 130 Å². The fourth-order valence-corrected chi connectivity index (χ4v) is 3.17. The molecule has 2 N–H and O–H groups in total. The Hall–Kier alpha value is -1.79. The summed E-state index contributed by atoms with van der Waals surface area (Å²) in [6, 6.07) is 10.9. The molecule has 0 spiro atoms. The van der Waals surface area contributed by atoms with E-state index >= 15 is 0 Å². The van der Waals surface area contributed by atoms with Crippen molar-refractivity contribution >= 4 is 10.0 Å². The van der Waals surface area contributed by atoms with Crippen molar-refractivity contribution in [1.82, 2.24) is 10.2 Å². The molecule has 0 aliphatic heterocycles. The number of hydrogen-bond acceptors (Lipinski definition) is 4. The van der Waals surface area contributed by atoms with E-state index < -0.39 is 10.0 Å². The van der Waals surface area contributed by atoms with E-state index in [1.165, 1.54) is 0 Å². The molecule has 2 aromatic rings. The summed E-state index contributed by atoms with van der Waals surface area (Å²) in [6.45, 7) is 4.19. The predicted molar refractivity (Wildman–Crippen MR) is 84.0 cm³/mol. The molecule has 2 atom stereocenters. The van der Waals surface area contributed by atoms with E-state index in [9.17, 15) is 8.42 Å². The van der Waals surface area contributed by atoms with Gasteiger partial charge in [-0.2, -0.15) is 10.2 Å². The van der Waals surface area contributed by atoms with Crippen LogP contribution in [0.5, 0.6) is 0 Å². The summed E-state index contributed by atoms with van der Waals surface area (Å²) in [5, 5.41) is 13.7. The van der Waals surface area contributed by atoms with Gasteiger partial charge < -0.3 is 0 Å². The van der Waals surface area contributed by atoms with Crippen molar-refractivity contribution in [1.29, 1.82) is 0 Å². The normalized spacial score (nSPS) is 21.1. The Morgan fingerprint density at radius 3 is 2.23 bits per heavy atom. The Balaban J connectivity index is 1.74. The number of nitrogens with two attached hydrogens (primary N) is 1. The van der Waals surface area contributed by atoms with Gasteiger partial charge in [0.1, 0.15) is 0 Å². The third-order valence-corrected chi connectivity index (χ3v) is 5.03. The van der Waals surface area contributed by atoms with Gasteiger partial charge in [0.2, 0.25) is 10.0 Å². The molecule has 0 saturated heterocycles. The van der Waals surface area contributed by atoms with E-state index in [2.05, 4.69) is 24.0 Å². The fraction of sp³-hybridized carbons (Fsp3) is 0.375. The molecular weight excluding hydrogens is 298 g/mol. The van der Waals surface area contributed by atoms with Crippen LogP contribution >= 0.6 is 0 Å². The van der Waals surface area contributed by atoms with Crippen molar-refractivity contribution in [2.24, 2.45) is 5.14 Å². The van der Waals surface area contributed by atoms with Gasteiger partial charge in [0, 0.05) is 5.92 Å². The predicted octanol–water partition coefficient (Wildman–Crippen LogP) is 2.52. The van der Waals surface area contributed by atoms with Crippen LogP contribution in [-0.2, 0) is 10.0 Å². The fourth-order valence-electron chi connectivity index (χ4n) is 2.65. The summed E-state index contributed by atoms with van der Waals surface area (Å²) in [5.74, 6) is 1.13. The van der Waals surface area contributed by atoms with E-state index in [0.717, 1.165) is 23.4 Å². The minimum atomic E-state index is -3.63. The summed E-state index contributed by atoms with van der Waals surface area (Å²) in [5.41, 5.74) is 3.12. The van der Waals surface area contributed by atoms with Crippen LogP contribution in [0.25, 0.3) is 0 Å². The van der Waals surface area contributed by atoms with Crippen LogP contribution in [0.1, 0.15) is 55.0 Å². The Morgan fingerprint density at radius 2 is 1.73 bits per heavy atom. The number of primary sulfonamides is 1. The molecule has 1 heterocycles. The average Bonchev–Trinajstić information content (AvgIpc) is 3.27. The van der Waals surface area contributed by atoms with Crippen molar-refractivity contribution in [3.05, 3.63) is 53.3 Å². The van der Waals surface area contributed by atoms with Crippen molar-refractivity contribution in [2.75, 3.05) is 0 Å². The maximum Gasteiger partial charge on any atom is 0.238 e. The second kappa shape index (κ2) is 5.44. The molecule has 0 radical (unpaired) electrons. The van der Waals surface area contributed by atoms with Crippen LogP contribution in [0.15, 0.2) is 41.3 Å². The molecule has 1 aromatic carbocycles. The van der Waals surface area contributed by atoms with Gasteiger partial charge in [-0.15, -0.1) is 0 Å². The molecule has 116 valence electrons. The first-order valence-electron chi connectivity index (χ1n) is 7.32. The van der Waals surface area contributed by atoms with Crippen LogP contribution in [-0.4, -0.2) is 18.6 Å². The Kier molecular flexibility index (Phi) is 3.74. The van der Waals surface area contributed by atoms with Gasteiger partial charge in [0.15, 0.2) is 0 Å². The SMILES string of the molecule is CC(C)c1ccc(C2CC2c2ccc(S(N)(=O)=O)cc2)nn1. The zero-order chi connectivity index (χ0) is 15.9. The van der Waals surface area contributed by atoms with Gasteiger partial charge in [-0.05, 0) is 48.1 Å². The molecule has 5 nitrogen and oxygen atoms in total. The molecule has 1 saturated carbocycles. The number of aromatic nitrogens is 2. The number of hydrogen-bond donors (Lipinski definition) is 1. The van der Waals surface area contributed by atoms with Crippen LogP contribution in [0.3, 0.4) is 0 Å². The first-order chi connectivity index (χ1) is 10.4. The highest BCUT2D eigenvalue weighted by atomic mass is 32.2. The van der Waals surface area contributed by atoms with Crippen LogP contribution < -0.4 is 5.14 Å². The Bertz CT molecular complexity index is 768. The van der Waals surface area contributed by atoms with Gasteiger partial charge in [-0.3, -0.25) is 0 Å². The van der Waals surface area contributed by atoms with Gasteiger partial charge >= 0.3 is 0 Å². The number of rotatable bonds is 4. The summed E-state index contributed by atoms with van der Waals surface area (Å²) in [4.78, 5) is 0.148. The van der Waals surface area contributed by atoms with E-state index in [-0.39, 0.29) is 4.90 Å². The summed E-state index contributed by atoms with van der Waals surface area (Å²) >= 11 is 0. The molecule has 22 heavy (non-hydrogen) atoms. The lowest BCUT2D eigenvalue weighted by molar-refractivity contribution is 0.598. The van der Waals surface area contributed by atoms with Crippen LogP contribution in [0.2, 0.25) is 0 Å². The monoisotopic (exact) mass is 317 g/mol. The lowest BCUT2D eigenvalue weighted by Crippen LogP contribution is -2.11. The second-order valence-electron chi connectivity index (χ2n) is 6.10. The quantitative estimate of drug-likeness (QED) is 0.938. The molecule has 1 aromatic heterocycles. The van der Waals surface area contributed by atoms with Crippen molar-refractivity contribution in [2.45, 2.75) is 42.9 Å². The van der Waals surface area contributed by atoms with Gasteiger partial charge in [0.25, 0.3) is 0 Å². The van der Waals surface area contributed by atoms with Crippen molar-refractivity contribution < 1.29 is 8.42 Å². The minimum absolute atomic E-state index is 0.148. The summed E-state index contributed by atoms with van der Waals surface area (Å²) < 4.78 is 22.5. The summed E-state index contributed by atoms with van der Waals surface area (Å²) in [6.07, 6.45) is 1.02. The first-order valence-corrected chi connectivity index (χ1v) is 8.87. The van der Waals surface area contributed by atoms with E-state index in [1.807, 2.05) is 24.3 Å². The highest BCUT2D eigenvalue weighted by Gasteiger charge is 2.40. The average molecular weight is 317 g/mol. The number of benzene rings is 1. The molecule has 3 rings (SSSR count). The second-order valence-corrected chi connectivity index (χ2v) is 7.66. The van der Waals surface area contributed by atoms with Gasteiger partial charge in [-0.1, -0.05) is 26.0 Å². The minimum Gasteiger partial charge on any atom is -0.225 e. The largest absolute Gasteiger partial charge is 0.238 e. The zero-order valence-electron chi connectivity index (χ0n) is 12.6. The van der Waals surface area contributed by atoms with Gasteiger partial charge in [-0.25, -0.2) is 13.6 Å². The molecule has 6 heteroatoms. The standard InChI is InChI=1S/C16H19N3O2S/c1-10(2)15-7-8-16(19-18-15)14-9-13(14)11-3-5-12(6-4-11)22(17,20)21/h3-8,10,13-14H,9H2,1-2H3,(H2,17,20,21). The summed E-state index contributed by atoms with van der Waals surface area (Å²) in [7, 11) is -3.63. The molecule has 1 fully saturated rings. The van der Waals surface area contributed by atoms with E-state index in [1.54, 1.807) is 12.1 Å². The molecule has 1 aliphatic carbocycles. The molecule has 0 bridgehead atoms. The highest BCUT2D eigenvalue weighted by Crippen LogP contribution is 2.53. The highest BCUT2D eigenvalue weighted by molar-refractivity contribution is 7.89. The Morgan fingerprint density at radius 1 is 1.05 bits per heavy atom. The maximum absolute atomic E-state index is 11.3. The van der Waals surface area contributed by atoms with Crippen molar-refractivity contribution in [3.8, 4) is 0 Å². The first kappa shape index (κ1) is 15.1. The van der Waals surface area contributed by atoms with Gasteiger partial charge in [0.05, 0.1) is 16.3 Å². The lowest BCUT2D eigenvalue weighted by atomic mass is 10.1. The molecule has 0 amide bonds. The third-order valence-electron chi connectivity index (χ3n) is 4.10. The third kappa shape index (κ3) is 3.03. The van der Waals surface area contributed by atoms with Crippen LogP contribution in [0, 0.1) is 0 Å². The van der Waals surface area contributed by atoms with E-state index in [0.29, 0.717) is 17.8 Å². The lowest BCUT2D eigenvalue weighted by Gasteiger charge is -2.05. The van der Waals surface area contributed by atoms with E-state index in [4.69, 9.17) is 5.14 Å². The number of nitrogens with zero attached hydrogens (tertiary/aromatic N) is 2. The molecule has 1 aliphatic rings. The smallest absolute Gasteiger partial charge is 0.225 e. The molecule has 2 unspecified atom stereocenters. The number of sulfonamides is 1.